The summed E-state index contributed by atoms with van der Waals surface area (Å²) in [4.78, 5) is 31.9. The van der Waals surface area contributed by atoms with Gasteiger partial charge in [0.15, 0.2) is 29.0 Å². The number of benzene rings is 2. The van der Waals surface area contributed by atoms with Gasteiger partial charge in [-0.1, -0.05) is 34.6 Å². The first kappa shape index (κ1) is 24.8. The highest BCUT2D eigenvalue weighted by atomic mass is 32.2. The van der Waals surface area contributed by atoms with Gasteiger partial charge in [0.25, 0.3) is 12.1 Å². The zero-order valence-electron chi connectivity index (χ0n) is 20.0. The molecule has 0 atom stereocenters. The third-order valence-electron chi connectivity index (χ3n) is 5.04. The van der Waals surface area contributed by atoms with E-state index in [2.05, 4.69) is 15.6 Å². The van der Waals surface area contributed by atoms with Crippen LogP contribution in [0.1, 0.15) is 5.56 Å². The van der Waals surface area contributed by atoms with Gasteiger partial charge in [-0.2, -0.15) is 0 Å². The fraction of sp³-hybridized carbons (Fsp3) is 0.208. The molecule has 0 spiro atoms. The molecule has 0 saturated carbocycles. The SMILES string of the molecule is COc1cc(OC)c(OC)cc1/C=C1/N=C(SCC(=O)Nc2c[n+](C)no2)N(c2ccccc2)C1=O. The van der Waals surface area contributed by atoms with Crippen LogP contribution >= 0.6 is 11.8 Å². The molecule has 1 aliphatic heterocycles. The number of aromatic nitrogens is 2. The van der Waals surface area contributed by atoms with E-state index in [1.54, 1.807) is 37.4 Å². The molecule has 0 saturated heterocycles. The molecule has 0 unspecified atom stereocenters. The molecule has 2 aromatic carbocycles. The number of aryl methyl sites for hydroxylation is 1. The second-order valence-electron chi connectivity index (χ2n) is 7.43. The minimum atomic E-state index is -0.344. The van der Waals surface area contributed by atoms with Gasteiger partial charge in [0.1, 0.15) is 11.4 Å². The van der Waals surface area contributed by atoms with Crippen molar-refractivity contribution >= 4 is 46.4 Å². The van der Waals surface area contributed by atoms with Crippen LogP contribution in [0.2, 0.25) is 0 Å². The van der Waals surface area contributed by atoms with Gasteiger partial charge >= 0.3 is 5.88 Å². The Balaban J connectivity index is 1.64. The summed E-state index contributed by atoms with van der Waals surface area (Å²) in [5, 5.41) is 6.64. The Hall–Kier alpha value is -4.32. The quantitative estimate of drug-likeness (QED) is 0.363. The zero-order chi connectivity index (χ0) is 25.7. The Morgan fingerprint density at radius 3 is 2.44 bits per heavy atom. The largest absolute Gasteiger partial charge is 0.496 e. The van der Waals surface area contributed by atoms with Crippen LogP contribution in [0.25, 0.3) is 6.08 Å². The van der Waals surface area contributed by atoms with Crippen LogP contribution in [-0.2, 0) is 16.6 Å². The number of carbonyl (C=O) groups is 2. The van der Waals surface area contributed by atoms with Crippen molar-refractivity contribution in [3.63, 3.8) is 0 Å². The Morgan fingerprint density at radius 2 is 1.81 bits per heavy atom. The second-order valence-corrected chi connectivity index (χ2v) is 8.37. The molecule has 4 rings (SSSR count). The van der Waals surface area contributed by atoms with E-state index in [9.17, 15) is 9.59 Å². The number of amidine groups is 1. The summed E-state index contributed by atoms with van der Waals surface area (Å²) < 4.78 is 22.6. The minimum absolute atomic E-state index is 0.00712. The zero-order valence-corrected chi connectivity index (χ0v) is 20.9. The third-order valence-corrected chi connectivity index (χ3v) is 5.98. The molecular formula is C24H24N5O6S+. The maximum absolute atomic E-state index is 13.4. The van der Waals surface area contributed by atoms with E-state index in [0.717, 1.165) is 11.8 Å². The number of nitrogens with one attached hydrogen (secondary N) is 1. The number of anilines is 2. The smallest absolute Gasteiger partial charge is 0.302 e. The number of amides is 2. The van der Waals surface area contributed by atoms with E-state index in [0.29, 0.717) is 33.7 Å². The molecule has 0 aliphatic carbocycles. The van der Waals surface area contributed by atoms with Crippen molar-refractivity contribution in [3.8, 4) is 17.2 Å². The summed E-state index contributed by atoms with van der Waals surface area (Å²) >= 11 is 1.12. The maximum atomic E-state index is 13.4. The van der Waals surface area contributed by atoms with E-state index in [1.165, 1.54) is 37.1 Å². The molecule has 0 bridgehead atoms. The van der Waals surface area contributed by atoms with Gasteiger partial charge in [-0.3, -0.25) is 24.3 Å². The maximum Gasteiger partial charge on any atom is 0.302 e. The van der Waals surface area contributed by atoms with Gasteiger partial charge in [-0.25, -0.2) is 4.99 Å². The normalized spacial score (nSPS) is 14.1. The number of hydrogen-bond acceptors (Lipinski definition) is 9. The highest BCUT2D eigenvalue weighted by molar-refractivity contribution is 8.14. The number of para-hydroxylation sites is 1. The number of aliphatic imine (C=N–C) groups is 1. The summed E-state index contributed by atoms with van der Waals surface area (Å²) in [6.07, 6.45) is 3.15. The van der Waals surface area contributed by atoms with Crippen molar-refractivity contribution in [1.82, 2.24) is 5.27 Å². The van der Waals surface area contributed by atoms with Gasteiger partial charge in [-0.05, 0) is 24.3 Å². The Labute approximate surface area is 211 Å². The van der Waals surface area contributed by atoms with E-state index < -0.39 is 0 Å². The van der Waals surface area contributed by atoms with Crippen molar-refractivity contribution in [2.45, 2.75) is 0 Å². The molecule has 3 aromatic rings. The van der Waals surface area contributed by atoms with E-state index in [1.807, 2.05) is 18.2 Å². The van der Waals surface area contributed by atoms with Crippen molar-refractivity contribution in [3.05, 3.63) is 59.9 Å². The van der Waals surface area contributed by atoms with Gasteiger partial charge < -0.3 is 14.2 Å². The summed E-state index contributed by atoms with van der Waals surface area (Å²) in [6, 6.07) is 12.5. The van der Waals surface area contributed by atoms with Crippen LogP contribution in [0.15, 0.2) is 63.9 Å². The number of hydrogen-bond donors (Lipinski definition) is 1. The third kappa shape index (κ3) is 5.33. The Morgan fingerprint density at radius 1 is 1.11 bits per heavy atom. The first-order valence-corrected chi connectivity index (χ1v) is 11.7. The Bertz CT molecular complexity index is 1340. The molecule has 1 aliphatic rings. The molecule has 2 heterocycles. The monoisotopic (exact) mass is 510 g/mol. The number of rotatable bonds is 8. The average Bonchev–Trinajstić information content (AvgIpc) is 3.44. The lowest BCUT2D eigenvalue weighted by molar-refractivity contribution is -0.739. The molecule has 2 amide bonds. The topological polar surface area (TPSA) is 119 Å². The van der Waals surface area contributed by atoms with Crippen LogP contribution in [0.5, 0.6) is 17.2 Å². The van der Waals surface area contributed by atoms with Gasteiger partial charge in [0.2, 0.25) is 5.91 Å². The number of ether oxygens (including phenoxy) is 3. The summed E-state index contributed by atoms with van der Waals surface area (Å²) in [5.41, 5.74) is 1.38. The summed E-state index contributed by atoms with van der Waals surface area (Å²) in [5.74, 6) is 0.982. The fourth-order valence-electron chi connectivity index (χ4n) is 3.39. The van der Waals surface area contributed by atoms with Crippen LogP contribution in [0, 0.1) is 0 Å². The molecule has 1 aromatic heterocycles. The molecular weight excluding hydrogens is 486 g/mol. The molecule has 0 radical (unpaired) electrons. The van der Waals surface area contributed by atoms with E-state index in [-0.39, 0.29) is 29.1 Å². The molecule has 36 heavy (non-hydrogen) atoms. The minimum Gasteiger partial charge on any atom is -0.496 e. The number of methoxy groups -OCH3 is 3. The molecule has 1 N–H and O–H groups in total. The first-order chi connectivity index (χ1) is 17.4. The first-order valence-electron chi connectivity index (χ1n) is 10.7. The lowest BCUT2D eigenvalue weighted by Gasteiger charge is -2.17. The van der Waals surface area contributed by atoms with E-state index >= 15 is 0 Å². The predicted octanol–water partition coefficient (Wildman–Crippen LogP) is 2.64. The van der Waals surface area contributed by atoms with Gasteiger partial charge in [0.05, 0.1) is 32.8 Å². The van der Waals surface area contributed by atoms with Crippen LogP contribution in [0.3, 0.4) is 0 Å². The van der Waals surface area contributed by atoms with Gasteiger partial charge in [0, 0.05) is 11.6 Å². The van der Waals surface area contributed by atoms with Crippen molar-refractivity contribution in [2.24, 2.45) is 12.0 Å². The Kier molecular flexibility index (Phi) is 7.54. The lowest BCUT2D eigenvalue weighted by atomic mass is 10.1. The number of carbonyl (C=O) groups excluding carboxylic acids is 2. The molecule has 12 heteroatoms. The lowest BCUT2D eigenvalue weighted by Crippen LogP contribution is -2.31. The van der Waals surface area contributed by atoms with Crippen LogP contribution < -0.4 is 29.1 Å². The molecule has 186 valence electrons. The van der Waals surface area contributed by atoms with Crippen molar-refractivity contribution < 1.29 is 33.0 Å². The van der Waals surface area contributed by atoms with Crippen molar-refractivity contribution in [2.75, 3.05) is 37.3 Å². The highest BCUT2D eigenvalue weighted by Crippen LogP contribution is 2.37. The van der Waals surface area contributed by atoms with E-state index in [4.69, 9.17) is 18.7 Å². The summed E-state index contributed by atoms with van der Waals surface area (Å²) in [7, 11) is 6.25. The second kappa shape index (κ2) is 11.0. The summed E-state index contributed by atoms with van der Waals surface area (Å²) in [6.45, 7) is 0. The standard InChI is InChI=1S/C24H23N5O6S/c1-28-13-22(35-27-28)26-21(30)14-36-24-25-17(23(31)29(24)16-8-6-5-7-9-16)10-15-11-19(33-3)20(34-4)12-18(15)32-2/h5-13H,14H2,1-4H3/p+1/b17-10+. The number of nitrogens with zero attached hydrogens (tertiary/aromatic N) is 4. The van der Waals surface area contributed by atoms with Crippen molar-refractivity contribution in [1.29, 1.82) is 0 Å². The molecule has 11 nitrogen and oxygen atoms in total. The fourth-order valence-corrected chi connectivity index (χ4v) is 4.21. The van der Waals surface area contributed by atoms with Crippen LogP contribution in [0.4, 0.5) is 11.6 Å². The highest BCUT2D eigenvalue weighted by Gasteiger charge is 2.32. The average molecular weight is 511 g/mol. The van der Waals surface area contributed by atoms with Crippen LogP contribution in [-0.4, -0.2) is 49.3 Å². The number of thioether (sulfide) groups is 1. The van der Waals surface area contributed by atoms with Gasteiger partial charge in [-0.15, -0.1) is 0 Å². The predicted molar refractivity (Wildman–Crippen MR) is 134 cm³/mol. The molecule has 0 fully saturated rings.